The van der Waals surface area contributed by atoms with Crippen LogP contribution in [-0.4, -0.2) is 19.7 Å². The Labute approximate surface area is 154 Å². The first-order chi connectivity index (χ1) is 12.8. The van der Waals surface area contributed by atoms with Gasteiger partial charge in [-0.15, -0.1) is 0 Å². The topological polar surface area (TPSA) is 44.8 Å². The minimum Gasteiger partial charge on any atom is -0.493 e. The van der Waals surface area contributed by atoms with Crippen molar-refractivity contribution in [1.29, 1.82) is 0 Å². The number of esters is 1. The van der Waals surface area contributed by atoms with E-state index in [0.717, 1.165) is 12.0 Å². The Balaban J connectivity index is 2.07. The molecule has 136 valence electrons. The van der Waals surface area contributed by atoms with E-state index >= 15 is 0 Å². The summed E-state index contributed by atoms with van der Waals surface area (Å²) in [6.45, 7) is 2.40. The predicted molar refractivity (Wildman–Crippen MR) is 103 cm³/mol. The van der Waals surface area contributed by atoms with Gasteiger partial charge >= 0.3 is 5.97 Å². The summed E-state index contributed by atoms with van der Waals surface area (Å²) < 4.78 is 16.4. The summed E-state index contributed by atoms with van der Waals surface area (Å²) in [6, 6.07) is 16.6. The molecule has 0 spiro atoms. The first-order valence-corrected chi connectivity index (χ1v) is 8.63. The van der Waals surface area contributed by atoms with Crippen LogP contribution >= 0.6 is 0 Å². The molecule has 0 atom stereocenters. The molecule has 0 amide bonds. The zero-order valence-corrected chi connectivity index (χ0v) is 15.2. The smallest absolute Gasteiger partial charge is 0.341 e. The van der Waals surface area contributed by atoms with Crippen molar-refractivity contribution in [3.63, 3.8) is 0 Å². The van der Waals surface area contributed by atoms with Gasteiger partial charge in [0, 0.05) is 5.56 Å². The van der Waals surface area contributed by atoms with E-state index in [4.69, 9.17) is 14.2 Å². The van der Waals surface area contributed by atoms with E-state index in [-0.39, 0.29) is 0 Å². The Hall–Kier alpha value is -3.01. The highest BCUT2D eigenvalue weighted by Gasteiger charge is 2.13. The number of carbonyl (C=O) groups excluding carboxylic acids is 1. The third-order valence-corrected chi connectivity index (χ3v) is 3.60. The standard InChI is InChI=1S/C22H24O4/c1-3-4-5-11-16-25-22(23)19-14-9-10-15-20(19)26-17-21(24-2)18-12-7-6-8-13-18/h4-10,12-15,17H,3,11,16H2,1-2H3. The molecule has 0 heterocycles. The number of hydrogen-bond acceptors (Lipinski definition) is 4. The second-order valence-electron chi connectivity index (χ2n) is 5.47. The molecule has 0 bridgehead atoms. The molecule has 0 aliphatic carbocycles. The highest BCUT2D eigenvalue weighted by atomic mass is 16.5. The number of hydrogen-bond donors (Lipinski definition) is 0. The first-order valence-electron chi connectivity index (χ1n) is 8.63. The number of para-hydroxylation sites is 1. The maximum absolute atomic E-state index is 12.3. The van der Waals surface area contributed by atoms with Crippen molar-refractivity contribution in [2.75, 3.05) is 13.7 Å². The average Bonchev–Trinajstić information content (AvgIpc) is 2.69. The van der Waals surface area contributed by atoms with E-state index in [1.807, 2.05) is 42.5 Å². The Morgan fingerprint density at radius 2 is 1.73 bits per heavy atom. The fourth-order valence-corrected chi connectivity index (χ4v) is 2.27. The lowest BCUT2D eigenvalue weighted by Gasteiger charge is -2.10. The molecule has 0 radical (unpaired) electrons. The number of benzene rings is 2. The Morgan fingerprint density at radius 3 is 2.46 bits per heavy atom. The lowest BCUT2D eigenvalue weighted by atomic mass is 10.2. The minimum atomic E-state index is -0.405. The van der Waals surface area contributed by atoms with Gasteiger partial charge in [0.2, 0.25) is 0 Å². The molecular weight excluding hydrogens is 328 g/mol. The van der Waals surface area contributed by atoms with Gasteiger partial charge < -0.3 is 14.2 Å². The van der Waals surface area contributed by atoms with Crippen LogP contribution in [0, 0.1) is 0 Å². The third-order valence-electron chi connectivity index (χ3n) is 3.60. The maximum Gasteiger partial charge on any atom is 0.341 e. The molecule has 0 fully saturated rings. The fraction of sp³-hybridized carbons (Fsp3) is 0.227. The number of allylic oxidation sites excluding steroid dienone is 1. The molecule has 0 aliphatic rings. The van der Waals surface area contributed by atoms with Crippen LogP contribution in [0.15, 0.2) is 73.0 Å². The summed E-state index contributed by atoms with van der Waals surface area (Å²) in [4.78, 5) is 12.3. The van der Waals surface area contributed by atoms with Crippen LogP contribution in [0.25, 0.3) is 5.76 Å². The van der Waals surface area contributed by atoms with Crippen molar-refractivity contribution < 1.29 is 19.0 Å². The molecule has 0 saturated carbocycles. The molecule has 4 nitrogen and oxygen atoms in total. The third kappa shape index (κ3) is 5.81. The number of rotatable bonds is 9. The van der Waals surface area contributed by atoms with Gasteiger partial charge in [0.15, 0.2) is 5.76 Å². The second-order valence-corrected chi connectivity index (χ2v) is 5.47. The van der Waals surface area contributed by atoms with E-state index in [2.05, 4.69) is 6.92 Å². The van der Waals surface area contributed by atoms with Gasteiger partial charge in [0.1, 0.15) is 17.6 Å². The minimum absolute atomic E-state index is 0.340. The van der Waals surface area contributed by atoms with Crippen LogP contribution in [0.1, 0.15) is 35.7 Å². The zero-order chi connectivity index (χ0) is 18.6. The molecule has 0 unspecified atom stereocenters. The summed E-state index contributed by atoms with van der Waals surface area (Å²) in [5.41, 5.74) is 1.27. The van der Waals surface area contributed by atoms with Gasteiger partial charge in [0.05, 0.1) is 13.7 Å². The molecule has 2 rings (SSSR count). The van der Waals surface area contributed by atoms with Gasteiger partial charge in [0.25, 0.3) is 0 Å². The maximum atomic E-state index is 12.3. The number of ether oxygens (including phenoxy) is 3. The quantitative estimate of drug-likeness (QED) is 0.268. The lowest BCUT2D eigenvalue weighted by molar-refractivity contribution is 0.0508. The Morgan fingerprint density at radius 1 is 1.00 bits per heavy atom. The summed E-state index contributed by atoms with van der Waals surface area (Å²) in [5, 5.41) is 0. The van der Waals surface area contributed by atoms with E-state index < -0.39 is 5.97 Å². The SMILES string of the molecule is CCC=CCCOC(=O)c1ccccc1OC=C(OC)c1ccccc1. The summed E-state index contributed by atoms with van der Waals surface area (Å²) in [6.07, 6.45) is 7.21. The highest BCUT2D eigenvalue weighted by molar-refractivity contribution is 5.92. The molecule has 0 saturated heterocycles. The molecule has 0 N–H and O–H groups in total. The van der Waals surface area contributed by atoms with Crippen molar-refractivity contribution in [3.8, 4) is 5.75 Å². The van der Waals surface area contributed by atoms with Gasteiger partial charge in [-0.25, -0.2) is 4.79 Å². The van der Waals surface area contributed by atoms with Crippen molar-refractivity contribution in [2.45, 2.75) is 19.8 Å². The molecule has 0 aliphatic heterocycles. The highest BCUT2D eigenvalue weighted by Crippen LogP contribution is 2.22. The predicted octanol–water partition coefficient (Wildman–Crippen LogP) is 5.22. The fourth-order valence-electron chi connectivity index (χ4n) is 2.27. The van der Waals surface area contributed by atoms with Crippen LogP contribution in [0.3, 0.4) is 0 Å². The summed E-state index contributed by atoms with van der Waals surface area (Å²) in [5.74, 6) is 0.586. The van der Waals surface area contributed by atoms with Crippen LogP contribution in [0.2, 0.25) is 0 Å². The van der Waals surface area contributed by atoms with Crippen LogP contribution in [0.4, 0.5) is 0 Å². The molecule has 26 heavy (non-hydrogen) atoms. The molecular formula is C22H24O4. The molecule has 2 aromatic rings. The second kappa shape index (κ2) is 10.8. The molecule has 0 aromatic heterocycles. The average molecular weight is 352 g/mol. The lowest BCUT2D eigenvalue weighted by Crippen LogP contribution is -2.07. The van der Waals surface area contributed by atoms with E-state index in [0.29, 0.717) is 30.1 Å². The Bertz CT molecular complexity index is 748. The van der Waals surface area contributed by atoms with Crippen LogP contribution < -0.4 is 4.74 Å². The van der Waals surface area contributed by atoms with Crippen molar-refractivity contribution in [1.82, 2.24) is 0 Å². The number of methoxy groups -OCH3 is 1. The van der Waals surface area contributed by atoms with Crippen molar-refractivity contribution >= 4 is 11.7 Å². The van der Waals surface area contributed by atoms with Gasteiger partial charge in [-0.05, 0) is 25.0 Å². The Kier molecular flexibility index (Phi) is 8.00. The van der Waals surface area contributed by atoms with Gasteiger partial charge in [-0.3, -0.25) is 0 Å². The zero-order valence-electron chi connectivity index (χ0n) is 15.2. The monoisotopic (exact) mass is 352 g/mol. The van der Waals surface area contributed by atoms with Crippen LogP contribution in [-0.2, 0) is 9.47 Å². The number of carbonyl (C=O) groups is 1. The summed E-state index contributed by atoms with van der Waals surface area (Å²) in [7, 11) is 1.58. The summed E-state index contributed by atoms with van der Waals surface area (Å²) >= 11 is 0. The van der Waals surface area contributed by atoms with E-state index in [9.17, 15) is 4.79 Å². The molecule has 4 heteroatoms. The first kappa shape index (κ1) is 19.3. The van der Waals surface area contributed by atoms with Crippen LogP contribution in [0.5, 0.6) is 5.75 Å². The van der Waals surface area contributed by atoms with E-state index in [1.165, 1.54) is 6.26 Å². The largest absolute Gasteiger partial charge is 0.493 e. The van der Waals surface area contributed by atoms with Gasteiger partial charge in [-0.1, -0.05) is 61.5 Å². The van der Waals surface area contributed by atoms with Gasteiger partial charge in [-0.2, -0.15) is 0 Å². The van der Waals surface area contributed by atoms with Crippen molar-refractivity contribution in [2.24, 2.45) is 0 Å². The normalized spacial score (nSPS) is 11.4. The van der Waals surface area contributed by atoms with Crippen molar-refractivity contribution in [3.05, 3.63) is 84.1 Å². The molecule has 2 aromatic carbocycles. The van der Waals surface area contributed by atoms with E-state index in [1.54, 1.807) is 31.4 Å².